The average Bonchev–Trinajstić information content (AvgIpc) is 2.43. The van der Waals surface area contributed by atoms with Crippen LogP contribution in [0.5, 0.6) is 5.75 Å². The number of hydrogen-bond donors (Lipinski definition) is 2. The fourth-order valence-corrected chi connectivity index (χ4v) is 2.59. The van der Waals surface area contributed by atoms with Crippen molar-refractivity contribution in [3.8, 4) is 5.75 Å². The van der Waals surface area contributed by atoms with Gasteiger partial charge in [-0.2, -0.15) is 0 Å². The lowest BCUT2D eigenvalue weighted by molar-refractivity contribution is 0.542. The summed E-state index contributed by atoms with van der Waals surface area (Å²) in [6.07, 6.45) is 0. The average molecular weight is 356 g/mol. The summed E-state index contributed by atoms with van der Waals surface area (Å²) in [5.74, 6) is 0.373. The van der Waals surface area contributed by atoms with Gasteiger partial charge in [-0.15, -0.1) is 0 Å². The molecule has 22 heavy (non-hydrogen) atoms. The van der Waals surface area contributed by atoms with Crippen molar-refractivity contribution in [2.24, 2.45) is 0 Å². The minimum atomic E-state index is -2.41. The Labute approximate surface area is 141 Å². The molecule has 0 radical (unpaired) electrons. The molecule has 0 saturated carbocycles. The fourth-order valence-electron chi connectivity index (χ4n) is 1.77. The molecule has 0 aliphatic carbocycles. The van der Waals surface area contributed by atoms with Crippen LogP contribution in [0.15, 0.2) is 42.5 Å². The van der Waals surface area contributed by atoms with E-state index in [9.17, 15) is 8.76 Å². The third-order valence-electron chi connectivity index (χ3n) is 2.65. The first-order valence-corrected chi connectivity index (χ1v) is 8.02. The third kappa shape index (κ3) is 4.67. The largest absolute Gasteiger partial charge is 0.755 e. The van der Waals surface area contributed by atoms with Crippen molar-refractivity contribution in [3.05, 3.63) is 53.1 Å². The highest BCUT2D eigenvalue weighted by Gasteiger charge is 2.11. The Bertz CT molecular complexity index is 687. The Morgan fingerprint density at radius 3 is 2.55 bits per heavy atom. The predicted molar refractivity (Wildman–Crippen MR) is 92.0 cm³/mol. The summed E-state index contributed by atoms with van der Waals surface area (Å²) >= 11 is 8.83. The number of aryl methyl sites for hydroxylation is 1. The molecule has 0 heterocycles. The van der Waals surface area contributed by atoms with Crippen LogP contribution in [-0.4, -0.2) is 13.9 Å². The Balaban J connectivity index is 2.12. The molecule has 5 nitrogen and oxygen atoms in total. The van der Waals surface area contributed by atoms with Crippen LogP contribution in [0.2, 0.25) is 5.02 Å². The molecule has 0 bridgehead atoms. The van der Waals surface area contributed by atoms with Gasteiger partial charge in [0.25, 0.3) is 5.17 Å². The second-order valence-electron chi connectivity index (χ2n) is 4.32. The zero-order chi connectivity index (χ0) is 16.1. The minimum Gasteiger partial charge on any atom is -0.755 e. The van der Waals surface area contributed by atoms with E-state index >= 15 is 0 Å². The molecule has 0 spiro atoms. The number of para-hydroxylation sites is 1. The van der Waals surface area contributed by atoms with Gasteiger partial charge in [0, 0.05) is 22.6 Å². The molecule has 8 heteroatoms. The quantitative estimate of drug-likeness (QED) is 0.647. The summed E-state index contributed by atoms with van der Waals surface area (Å²) < 4.78 is 29.1. The number of thiocarbonyl (C=S) groups is 1. The van der Waals surface area contributed by atoms with Crippen molar-refractivity contribution in [1.29, 1.82) is 0 Å². The highest BCUT2D eigenvalue weighted by atomic mass is 35.5. The maximum absolute atomic E-state index is 10.6. The summed E-state index contributed by atoms with van der Waals surface area (Å²) in [4.78, 5) is 0. The van der Waals surface area contributed by atoms with Gasteiger partial charge >= 0.3 is 0 Å². The Morgan fingerprint density at radius 2 is 1.95 bits per heavy atom. The number of ether oxygens (including phenoxy) is 1. The number of rotatable bonds is 4. The van der Waals surface area contributed by atoms with Crippen molar-refractivity contribution in [3.63, 3.8) is 0 Å². The summed E-state index contributed by atoms with van der Waals surface area (Å²) in [6, 6.07) is 12.4. The topological polar surface area (TPSA) is 73.4 Å². The molecular formula is C14H12ClN2O3S2-. The van der Waals surface area contributed by atoms with Crippen molar-refractivity contribution < 1.29 is 13.5 Å². The summed E-state index contributed by atoms with van der Waals surface area (Å²) in [5, 5.41) is 3.33. The molecule has 0 aromatic heterocycles. The van der Waals surface area contributed by atoms with E-state index < -0.39 is 11.3 Å². The van der Waals surface area contributed by atoms with Crippen LogP contribution in [0.25, 0.3) is 0 Å². The van der Waals surface area contributed by atoms with Crippen LogP contribution < -0.4 is 14.8 Å². The number of benzene rings is 2. The number of halogens is 1. The molecular weight excluding hydrogens is 344 g/mol. The van der Waals surface area contributed by atoms with E-state index in [1.54, 1.807) is 13.0 Å². The van der Waals surface area contributed by atoms with Crippen LogP contribution in [0.4, 0.5) is 11.4 Å². The van der Waals surface area contributed by atoms with Gasteiger partial charge in [-0.05, 0) is 49.0 Å². The second-order valence-corrected chi connectivity index (χ2v) is 5.77. The lowest BCUT2D eigenvalue weighted by atomic mass is 10.2. The van der Waals surface area contributed by atoms with Gasteiger partial charge < -0.3 is 19.3 Å². The van der Waals surface area contributed by atoms with Gasteiger partial charge in [0.05, 0.1) is 5.02 Å². The van der Waals surface area contributed by atoms with E-state index in [0.29, 0.717) is 17.0 Å². The first-order valence-electron chi connectivity index (χ1n) is 6.15. The molecule has 0 aliphatic rings. The first kappa shape index (κ1) is 16.7. The van der Waals surface area contributed by atoms with Gasteiger partial charge in [-0.1, -0.05) is 29.8 Å². The van der Waals surface area contributed by atoms with E-state index in [1.165, 1.54) is 6.07 Å². The molecule has 2 N–H and O–H groups in total. The van der Waals surface area contributed by atoms with Gasteiger partial charge in [0.15, 0.2) is 5.75 Å². The molecule has 2 aromatic rings. The smallest absolute Gasteiger partial charge is 0.266 e. The first-order chi connectivity index (χ1) is 10.5. The number of anilines is 2. The molecule has 2 rings (SSSR count). The lowest BCUT2D eigenvalue weighted by Crippen LogP contribution is -2.17. The summed E-state index contributed by atoms with van der Waals surface area (Å²) in [7, 11) is 0. The normalized spacial score (nSPS) is 11.6. The van der Waals surface area contributed by atoms with E-state index in [4.69, 9.17) is 28.6 Å². The molecule has 2 aromatic carbocycles. The molecule has 1 atom stereocenters. The van der Waals surface area contributed by atoms with Gasteiger partial charge in [0.1, 0.15) is 0 Å². The van der Waals surface area contributed by atoms with Crippen LogP contribution in [-0.2, 0) is 11.3 Å². The number of nitrogens with one attached hydrogen (secondary N) is 2. The maximum Gasteiger partial charge on any atom is 0.266 e. The lowest BCUT2D eigenvalue weighted by Gasteiger charge is -2.15. The molecule has 0 amide bonds. The third-order valence-corrected chi connectivity index (χ3v) is 3.51. The van der Waals surface area contributed by atoms with Gasteiger partial charge in [-0.3, -0.25) is 4.21 Å². The molecule has 1 unspecified atom stereocenters. The number of hydrogen-bond acceptors (Lipinski definition) is 4. The molecule has 0 fully saturated rings. The Morgan fingerprint density at radius 1 is 1.27 bits per heavy atom. The van der Waals surface area contributed by atoms with E-state index in [0.717, 1.165) is 5.69 Å². The van der Waals surface area contributed by atoms with E-state index in [2.05, 4.69) is 10.0 Å². The van der Waals surface area contributed by atoms with Gasteiger partial charge in [0.2, 0.25) is 0 Å². The molecule has 0 saturated heterocycles. The zero-order valence-electron chi connectivity index (χ0n) is 11.5. The summed E-state index contributed by atoms with van der Waals surface area (Å²) in [6.45, 7) is 1.74. The summed E-state index contributed by atoms with van der Waals surface area (Å²) in [5.41, 5.74) is 1.80. The van der Waals surface area contributed by atoms with E-state index in [-0.39, 0.29) is 10.2 Å². The van der Waals surface area contributed by atoms with Crippen LogP contribution in [0.1, 0.15) is 5.56 Å². The molecule has 116 valence electrons. The van der Waals surface area contributed by atoms with Crippen molar-refractivity contribution >= 4 is 51.6 Å². The zero-order valence-corrected chi connectivity index (χ0v) is 13.8. The minimum absolute atomic E-state index is 0.143. The monoisotopic (exact) mass is 355 g/mol. The van der Waals surface area contributed by atoms with Crippen LogP contribution in [0.3, 0.4) is 0 Å². The standard InChI is InChI=1S/C14H13ClN2O3S2/c1-9-7-11(17-22(18)19)8-12(15)13(9)20-14(21)16-10-5-3-2-4-6-10/h2-8,17H,1H3,(H,16,21)(H,18,19)/p-1. The highest BCUT2D eigenvalue weighted by Crippen LogP contribution is 2.32. The second kappa shape index (κ2) is 7.55. The highest BCUT2D eigenvalue weighted by molar-refractivity contribution is 7.80. The Hall–Kier alpha value is -1.67. The van der Waals surface area contributed by atoms with Crippen molar-refractivity contribution in [2.45, 2.75) is 6.92 Å². The van der Waals surface area contributed by atoms with Crippen LogP contribution in [0, 0.1) is 6.92 Å². The maximum atomic E-state index is 10.6. The Kier molecular flexibility index (Phi) is 5.73. The van der Waals surface area contributed by atoms with Gasteiger partial charge in [-0.25, -0.2) is 0 Å². The van der Waals surface area contributed by atoms with E-state index in [1.807, 2.05) is 30.3 Å². The fraction of sp³-hybridized carbons (Fsp3) is 0.0714. The van der Waals surface area contributed by atoms with Crippen molar-refractivity contribution in [1.82, 2.24) is 0 Å². The predicted octanol–water partition coefficient (Wildman–Crippen LogP) is 3.63. The SMILES string of the molecule is Cc1cc(NS(=O)[O-])cc(Cl)c1OC(=S)Nc1ccccc1. The van der Waals surface area contributed by atoms with Crippen molar-refractivity contribution in [2.75, 3.05) is 10.0 Å². The van der Waals surface area contributed by atoms with Crippen LogP contribution >= 0.6 is 23.8 Å². The molecule has 0 aliphatic heterocycles.